The van der Waals surface area contributed by atoms with E-state index in [4.69, 9.17) is 0 Å². The van der Waals surface area contributed by atoms with Gasteiger partial charge in [-0.25, -0.2) is 0 Å². The third kappa shape index (κ3) is 1.27. The average Bonchev–Trinajstić information content (AvgIpc) is 2.86. The van der Waals surface area contributed by atoms with Gasteiger partial charge in [-0.3, -0.25) is 0 Å². The zero-order chi connectivity index (χ0) is 8.89. The number of hydrogen-bond donors (Lipinski definition) is 1. The van der Waals surface area contributed by atoms with Crippen molar-refractivity contribution in [3.05, 3.63) is 34.9 Å². The molecule has 1 spiro atoms. The monoisotopic (exact) mass is 189 g/mol. The van der Waals surface area contributed by atoms with Gasteiger partial charge in [0.1, 0.15) is 0 Å². The largest absolute Gasteiger partial charge is 0.312 e. The second-order valence-electron chi connectivity index (χ2n) is 4.54. The predicted octanol–water partition coefficient (Wildman–Crippen LogP) is 2.77. The SMILES string of the molecule is C.Cc1ccc2c(c1)CNCC21CC1. The van der Waals surface area contributed by atoms with Crippen molar-refractivity contribution in [2.75, 3.05) is 6.54 Å². The van der Waals surface area contributed by atoms with Crippen molar-refractivity contribution >= 4 is 0 Å². The molecule has 0 saturated heterocycles. The second kappa shape index (κ2) is 3.09. The minimum atomic E-state index is 0. The third-order valence-corrected chi connectivity index (χ3v) is 3.46. The topological polar surface area (TPSA) is 12.0 Å². The minimum Gasteiger partial charge on any atom is -0.312 e. The van der Waals surface area contributed by atoms with Crippen molar-refractivity contribution in [3.63, 3.8) is 0 Å². The number of nitrogens with one attached hydrogen (secondary N) is 1. The molecule has 0 bridgehead atoms. The van der Waals surface area contributed by atoms with E-state index in [2.05, 4.69) is 30.4 Å². The lowest BCUT2D eigenvalue weighted by Gasteiger charge is -2.26. The predicted molar refractivity (Wildman–Crippen MR) is 60.5 cm³/mol. The van der Waals surface area contributed by atoms with Crippen molar-refractivity contribution in [2.24, 2.45) is 0 Å². The first-order chi connectivity index (χ1) is 6.30. The number of rotatable bonds is 0. The van der Waals surface area contributed by atoms with E-state index in [-0.39, 0.29) is 7.43 Å². The van der Waals surface area contributed by atoms with Gasteiger partial charge in [0, 0.05) is 18.5 Å². The standard InChI is InChI=1S/C12H15N.CH4/c1-9-2-3-11-10(6-9)7-13-8-12(11)4-5-12;/h2-3,6,13H,4-5,7-8H2,1H3;1H4. The van der Waals surface area contributed by atoms with Gasteiger partial charge in [0.05, 0.1) is 0 Å². The van der Waals surface area contributed by atoms with Crippen LogP contribution in [0.2, 0.25) is 0 Å². The molecular weight excluding hydrogens is 170 g/mol. The van der Waals surface area contributed by atoms with Crippen LogP contribution in [0, 0.1) is 6.92 Å². The fourth-order valence-electron chi connectivity index (χ4n) is 2.51. The van der Waals surface area contributed by atoms with Crippen LogP contribution in [-0.4, -0.2) is 6.54 Å². The molecule has 1 N–H and O–H groups in total. The van der Waals surface area contributed by atoms with Gasteiger partial charge in [-0.15, -0.1) is 0 Å². The summed E-state index contributed by atoms with van der Waals surface area (Å²) in [6.07, 6.45) is 2.77. The van der Waals surface area contributed by atoms with Gasteiger partial charge in [-0.1, -0.05) is 31.2 Å². The van der Waals surface area contributed by atoms with E-state index in [1.54, 1.807) is 5.56 Å². The summed E-state index contributed by atoms with van der Waals surface area (Å²) in [4.78, 5) is 0. The Hall–Kier alpha value is -0.820. The molecule has 1 aliphatic heterocycles. The summed E-state index contributed by atoms with van der Waals surface area (Å²) in [6, 6.07) is 6.93. The first kappa shape index (κ1) is 9.72. The second-order valence-corrected chi connectivity index (χ2v) is 4.54. The average molecular weight is 189 g/mol. The van der Waals surface area contributed by atoms with Gasteiger partial charge < -0.3 is 5.32 Å². The summed E-state index contributed by atoms with van der Waals surface area (Å²) >= 11 is 0. The summed E-state index contributed by atoms with van der Waals surface area (Å²) < 4.78 is 0. The Bertz CT molecular complexity index is 350. The molecular formula is C13H19N. The molecule has 0 atom stereocenters. The van der Waals surface area contributed by atoms with E-state index < -0.39 is 0 Å². The highest BCUT2D eigenvalue weighted by Gasteiger charge is 2.46. The van der Waals surface area contributed by atoms with Gasteiger partial charge in [0.15, 0.2) is 0 Å². The summed E-state index contributed by atoms with van der Waals surface area (Å²) in [5.41, 5.74) is 5.08. The van der Waals surface area contributed by atoms with Gasteiger partial charge in [-0.05, 0) is 30.9 Å². The molecule has 3 rings (SSSR count). The first-order valence-electron chi connectivity index (χ1n) is 5.11. The van der Waals surface area contributed by atoms with Crippen LogP contribution in [-0.2, 0) is 12.0 Å². The van der Waals surface area contributed by atoms with Crippen molar-refractivity contribution in [2.45, 2.75) is 39.2 Å². The van der Waals surface area contributed by atoms with Crippen LogP contribution in [0.15, 0.2) is 18.2 Å². The Kier molecular flexibility index (Phi) is 2.15. The molecule has 1 heteroatoms. The highest BCUT2D eigenvalue weighted by atomic mass is 14.9. The Morgan fingerprint density at radius 2 is 2.07 bits per heavy atom. The van der Waals surface area contributed by atoms with E-state index in [0.29, 0.717) is 5.41 Å². The molecule has 76 valence electrons. The lowest BCUT2D eigenvalue weighted by atomic mass is 9.87. The molecule has 1 nitrogen and oxygen atoms in total. The van der Waals surface area contributed by atoms with Crippen LogP contribution in [0.3, 0.4) is 0 Å². The van der Waals surface area contributed by atoms with Crippen LogP contribution in [0.5, 0.6) is 0 Å². The molecule has 14 heavy (non-hydrogen) atoms. The van der Waals surface area contributed by atoms with E-state index in [1.807, 2.05) is 0 Å². The smallest absolute Gasteiger partial charge is 0.0208 e. The third-order valence-electron chi connectivity index (χ3n) is 3.46. The molecule has 1 aliphatic carbocycles. The molecule has 0 aromatic heterocycles. The maximum absolute atomic E-state index is 3.52. The van der Waals surface area contributed by atoms with E-state index in [0.717, 1.165) is 6.54 Å². The molecule has 1 aromatic carbocycles. The number of aryl methyl sites for hydroxylation is 1. The lowest BCUT2D eigenvalue weighted by molar-refractivity contribution is 0.531. The number of benzene rings is 1. The first-order valence-corrected chi connectivity index (χ1v) is 5.11. The summed E-state index contributed by atoms with van der Waals surface area (Å²) in [5.74, 6) is 0. The molecule has 0 amide bonds. The molecule has 2 aliphatic rings. The Morgan fingerprint density at radius 3 is 2.79 bits per heavy atom. The quantitative estimate of drug-likeness (QED) is 0.661. The summed E-state index contributed by atoms with van der Waals surface area (Å²) in [6.45, 7) is 4.44. The normalized spacial score (nSPS) is 21.2. The van der Waals surface area contributed by atoms with Crippen molar-refractivity contribution in [3.8, 4) is 0 Å². The number of hydrogen-bond acceptors (Lipinski definition) is 1. The lowest BCUT2D eigenvalue weighted by Crippen LogP contribution is -2.33. The fraction of sp³-hybridized carbons (Fsp3) is 0.538. The van der Waals surface area contributed by atoms with Crippen molar-refractivity contribution in [1.82, 2.24) is 5.32 Å². The Labute approximate surface area is 86.5 Å². The van der Waals surface area contributed by atoms with Gasteiger partial charge in [-0.2, -0.15) is 0 Å². The zero-order valence-corrected chi connectivity index (χ0v) is 8.06. The van der Waals surface area contributed by atoms with E-state index >= 15 is 0 Å². The van der Waals surface area contributed by atoms with Crippen LogP contribution in [0.25, 0.3) is 0 Å². The van der Waals surface area contributed by atoms with E-state index in [1.165, 1.54) is 30.5 Å². The van der Waals surface area contributed by atoms with Crippen molar-refractivity contribution in [1.29, 1.82) is 0 Å². The highest BCUT2D eigenvalue weighted by Crippen LogP contribution is 2.50. The summed E-state index contributed by atoms with van der Waals surface area (Å²) in [5, 5.41) is 3.52. The Balaban J connectivity index is 0.000000750. The minimum absolute atomic E-state index is 0. The maximum Gasteiger partial charge on any atom is 0.0208 e. The van der Waals surface area contributed by atoms with Crippen molar-refractivity contribution < 1.29 is 0 Å². The van der Waals surface area contributed by atoms with Gasteiger partial charge in [0.2, 0.25) is 0 Å². The van der Waals surface area contributed by atoms with Crippen LogP contribution < -0.4 is 5.32 Å². The molecule has 1 saturated carbocycles. The van der Waals surface area contributed by atoms with Gasteiger partial charge in [0.25, 0.3) is 0 Å². The van der Waals surface area contributed by atoms with Crippen LogP contribution >= 0.6 is 0 Å². The van der Waals surface area contributed by atoms with Crippen LogP contribution in [0.4, 0.5) is 0 Å². The molecule has 1 aromatic rings. The Morgan fingerprint density at radius 1 is 1.29 bits per heavy atom. The number of fused-ring (bicyclic) bond motifs is 2. The zero-order valence-electron chi connectivity index (χ0n) is 8.06. The fourth-order valence-corrected chi connectivity index (χ4v) is 2.51. The molecule has 0 radical (unpaired) electrons. The maximum atomic E-state index is 3.52. The van der Waals surface area contributed by atoms with Crippen LogP contribution in [0.1, 0.15) is 37.0 Å². The molecule has 1 fully saturated rings. The van der Waals surface area contributed by atoms with E-state index in [9.17, 15) is 0 Å². The highest BCUT2D eigenvalue weighted by molar-refractivity contribution is 5.42. The molecule has 0 unspecified atom stereocenters. The summed E-state index contributed by atoms with van der Waals surface area (Å²) in [7, 11) is 0. The van der Waals surface area contributed by atoms with Gasteiger partial charge >= 0.3 is 0 Å². The molecule has 1 heterocycles.